The summed E-state index contributed by atoms with van der Waals surface area (Å²) in [6.07, 6.45) is 16.7. The normalized spacial score (nSPS) is 12.2. The average Bonchev–Trinajstić information content (AvgIpc) is 2.52. The summed E-state index contributed by atoms with van der Waals surface area (Å²) >= 11 is 0. The summed E-state index contributed by atoms with van der Waals surface area (Å²) in [6, 6.07) is 0. The summed E-state index contributed by atoms with van der Waals surface area (Å²) in [5, 5.41) is 4.56. The topological polar surface area (TPSA) is 36.9 Å². The number of ether oxygens (including phenoxy) is 1. The fourth-order valence-corrected chi connectivity index (χ4v) is 2.18. The highest BCUT2D eigenvalue weighted by molar-refractivity contribution is 4.57. The monoisotopic (exact) mass is 346 g/mol. The van der Waals surface area contributed by atoms with Gasteiger partial charge in [-0.15, -0.1) is 0 Å². The molecule has 0 radical (unpaired) electrons. The maximum atomic E-state index is 5.48. The van der Waals surface area contributed by atoms with E-state index in [9.17, 15) is 0 Å². The van der Waals surface area contributed by atoms with Crippen molar-refractivity contribution in [3.8, 4) is 0 Å². The van der Waals surface area contributed by atoms with Gasteiger partial charge in [0.05, 0.1) is 27.7 Å². The van der Waals surface area contributed by atoms with E-state index in [1.807, 2.05) is 27.3 Å². The second kappa shape index (κ2) is 17.2. The van der Waals surface area contributed by atoms with Gasteiger partial charge < -0.3 is 14.1 Å². The molecule has 0 heterocycles. The second-order valence-corrected chi connectivity index (χ2v) is 7.18. The Morgan fingerprint density at radius 2 is 1.29 bits per heavy atom. The highest BCUT2D eigenvalue weighted by Gasteiger charge is 1.99. The number of hydrogen-bond donors (Lipinski definition) is 0. The minimum atomic E-state index is 0.371. The van der Waals surface area contributed by atoms with E-state index in [0.29, 0.717) is 17.7 Å². The minimum Gasteiger partial charge on any atom is -0.379 e. The van der Waals surface area contributed by atoms with E-state index < -0.39 is 0 Å². The minimum absolute atomic E-state index is 0.371. The number of nitrogens with zero attached hydrogens (tertiary/aromatic N) is 1. The lowest BCUT2D eigenvalue weighted by Gasteiger charge is -2.16. The van der Waals surface area contributed by atoms with E-state index in [1.54, 1.807) is 0 Å². The molecular formula is C19H40NO4+. The van der Waals surface area contributed by atoms with Crippen LogP contribution in [0.15, 0.2) is 12.5 Å². The van der Waals surface area contributed by atoms with Gasteiger partial charge in [0.1, 0.15) is 12.8 Å². The van der Waals surface area contributed by atoms with Crippen molar-refractivity contribution in [2.75, 3.05) is 41.0 Å². The van der Waals surface area contributed by atoms with Crippen LogP contribution in [0.4, 0.5) is 0 Å². The Morgan fingerprint density at radius 3 is 1.88 bits per heavy atom. The van der Waals surface area contributed by atoms with Crippen molar-refractivity contribution >= 4 is 0 Å². The molecule has 144 valence electrons. The molecule has 5 heteroatoms. The third-order valence-electron chi connectivity index (χ3n) is 3.60. The largest absolute Gasteiger partial charge is 0.379 e. The Bertz CT molecular complexity index is 277. The van der Waals surface area contributed by atoms with Crippen molar-refractivity contribution in [3.63, 3.8) is 0 Å². The molecule has 0 saturated carbocycles. The summed E-state index contributed by atoms with van der Waals surface area (Å²) in [6.45, 7) is 3.96. The van der Waals surface area contributed by atoms with Crippen molar-refractivity contribution < 1.29 is 24.0 Å². The Balaban J connectivity index is 3.07. The zero-order valence-corrected chi connectivity index (χ0v) is 16.4. The van der Waals surface area contributed by atoms with Crippen molar-refractivity contribution in [1.82, 2.24) is 0 Å². The molecule has 0 aliphatic carbocycles. The highest BCUT2D eigenvalue weighted by Crippen LogP contribution is 2.10. The standard InChI is InChI=1S/C19H40NO4/c1-5-6-7-8-9-10-11-12-13-14-16-21-18-19-23-24-22-17-15-20(2,3)4/h15,17H,5-14,16,18-19H2,1-4H3/q+1. The lowest BCUT2D eigenvalue weighted by Crippen LogP contribution is -2.26. The first-order valence-corrected chi connectivity index (χ1v) is 9.58. The number of hydrogen-bond acceptors (Lipinski definition) is 4. The third-order valence-corrected chi connectivity index (χ3v) is 3.60. The average molecular weight is 347 g/mol. The summed E-state index contributed by atoms with van der Waals surface area (Å²) in [4.78, 5) is 9.59. The molecule has 0 fully saturated rings. The van der Waals surface area contributed by atoms with Crippen LogP contribution in [-0.4, -0.2) is 45.4 Å². The van der Waals surface area contributed by atoms with Crippen molar-refractivity contribution in [2.24, 2.45) is 0 Å². The van der Waals surface area contributed by atoms with E-state index in [4.69, 9.17) is 14.5 Å². The van der Waals surface area contributed by atoms with E-state index >= 15 is 0 Å². The Labute approximate surface area is 149 Å². The molecule has 0 aliphatic heterocycles. The van der Waals surface area contributed by atoms with Crippen LogP contribution >= 0.6 is 0 Å². The first-order valence-electron chi connectivity index (χ1n) is 9.58. The van der Waals surface area contributed by atoms with Crippen molar-refractivity contribution in [1.29, 1.82) is 0 Å². The molecule has 0 aromatic heterocycles. The van der Waals surface area contributed by atoms with Crippen molar-refractivity contribution in [3.05, 3.63) is 12.5 Å². The molecule has 0 atom stereocenters. The van der Waals surface area contributed by atoms with Gasteiger partial charge in [-0.2, -0.15) is 4.89 Å². The Morgan fingerprint density at radius 1 is 0.708 bits per heavy atom. The second-order valence-electron chi connectivity index (χ2n) is 7.18. The summed E-state index contributed by atoms with van der Waals surface area (Å²) in [5.74, 6) is 0. The molecule has 0 spiro atoms. The van der Waals surface area contributed by atoms with Gasteiger partial charge in [0.2, 0.25) is 0 Å². The van der Waals surface area contributed by atoms with Gasteiger partial charge in [-0.3, -0.25) is 0 Å². The molecule has 0 bridgehead atoms. The maximum Gasteiger partial charge on any atom is 0.185 e. The van der Waals surface area contributed by atoms with Gasteiger partial charge in [-0.1, -0.05) is 64.7 Å². The summed E-state index contributed by atoms with van der Waals surface area (Å²) in [5.41, 5.74) is 0. The quantitative estimate of drug-likeness (QED) is 0.115. The van der Waals surface area contributed by atoms with Crippen LogP contribution < -0.4 is 0 Å². The molecule has 24 heavy (non-hydrogen) atoms. The zero-order valence-electron chi connectivity index (χ0n) is 16.4. The molecule has 0 saturated heterocycles. The lowest BCUT2D eigenvalue weighted by atomic mass is 10.1. The van der Waals surface area contributed by atoms with E-state index in [0.717, 1.165) is 13.0 Å². The number of unbranched alkanes of at least 4 members (excludes halogenated alkanes) is 9. The lowest BCUT2D eigenvalue weighted by molar-refractivity contribution is -0.818. The van der Waals surface area contributed by atoms with Crippen LogP contribution in [0.1, 0.15) is 71.1 Å². The highest BCUT2D eigenvalue weighted by atomic mass is 17.5. The fraction of sp³-hybridized carbons (Fsp3) is 0.895. The molecule has 5 nitrogen and oxygen atoms in total. The van der Waals surface area contributed by atoms with Gasteiger partial charge >= 0.3 is 0 Å². The van der Waals surface area contributed by atoms with Gasteiger partial charge in [0.25, 0.3) is 0 Å². The zero-order chi connectivity index (χ0) is 17.9. The van der Waals surface area contributed by atoms with Crippen LogP contribution in [0.3, 0.4) is 0 Å². The molecule has 0 aromatic rings. The molecule has 0 rings (SSSR count). The van der Waals surface area contributed by atoms with Crippen LogP contribution in [0, 0.1) is 0 Å². The van der Waals surface area contributed by atoms with Crippen LogP contribution in [-0.2, 0) is 19.6 Å². The number of rotatable bonds is 18. The first kappa shape index (κ1) is 23.4. The van der Waals surface area contributed by atoms with Gasteiger partial charge in [-0.05, 0) is 11.5 Å². The summed E-state index contributed by atoms with van der Waals surface area (Å²) in [7, 11) is 6.05. The molecular weight excluding hydrogens is 306 g/mol. The van der Waals surface area contributed by atoms with Gasteiger partial charge in [0, 0.05) is 6.61 Å². The van der Waals surface area contributed by atoms with E-state index in [-0.39, 0.29) is 0 Å². The van der Waals surface area contributed by atoms with Crippen molar-refractivity contribution in [2.45, 2.75) is 71.1 Å². The van der Waals surface area contributed by atoms with Crippen LogP contribution in [0.5, 0.6) is 0 Å². The Kier molecular flexibility index (Phi) is 16.8. The molecule has 0 unspecified atom stereocenters. The maximum absolute atomic E-state index is 5.48. The van der Waals surface area contributed by atoms with Crippen LogP contribution in [0.25, 0.3) is 0 Å². The SMILES string of the molecule is CCCCCCCCCCCCOCCOOOC=C[N+](C)(C)C. The van der Waals surface area contributed by atoms with E-state index in [2.05, 4.69) is 12.0 Å². The molecule has 0 amide bonds. The first-order chi connectivity index (χ1) is 11.6. The predicted molar refractivity (Wildman–Crippen MR) is 98.0 cm³/mol. The smallest absolute Gasteiger partial charge is 0.185 e. The molecule has 0 aliphatic rings. The van der Waals surface area contributed by atoms with Crippen LogP contribution in [0.2, 0.25) is 0 Å². The Hall–Kier alpha value is -0.620. The van der Waals surface area contributed by atoms with Gasteiger partial charge in [-0.25, -0.2) is 0 Å². The summed E-state index contributed by atoms with van der Waals surface area (Å²) < 4.78 is 6.14. The van der Waals surface area contributed by atoms with E-state index in [1.165, 1.54) is 64.0 Å². The molecule has 0 N–H and O–H groups in total. The molecule has 0 aromatic carbocycles. The fourth-order valence-electron chi connectivity index (χ4n) is 2.18. The van der Waals surface area contributed by atoms with Gasteiger partial charge in [0.15, 0.2) is 6.26 Å². The third kappa shape index (κ3) is 21.4. The number of quaternary nitrogens is 1. The predicted octanol–water partition coefficient (Wildman–Crippen LogP) is 4.98.